The molecule has 7 heteroatoms. The highest BCUT2D eigenvalue weighted by Gasteiger charge is 2.32. The molecule has 1 aromatic rings. The highest BCUT2D eigenvalue weighted by atomic mass is 19.4. The predicted octanol–water partition coefficient (Wildman–Crippen LogP) is 1.70. The van der Waals surface area contributed by atoms with Gasteiger partial charge in [0, 0.05) is 7.05 Å². The third-order valence-electron chi connectivity index (χ3n) is 1.92. The van der Waals surface area contributed by atoms with Gasteiger partial charge in [0.15, 0.2) is 0 Å². The number of rotatable bonds is 3. The Bertz CT molecular complexity index is 385. The van der Waals surface area contributed by atoms with Crippen molar-refractivity contribution >= 4 is 5.97 Å². The summed E-state index contributed by atoms with van der Waals surface area (Å²) < 4.78 is 42.4. The Morgan fingerprint density at radius 3 is 2.69 bits per heavy atom. The van der Waals surface area contributed by atoms with Gasteiger partial charge in [0.1, 0.15) is 5.56 Å². The zero-order valence-corrected chi connectivity index (χ0v) is 8.84. The van der Waals surface area contributed by atoms with Gasteiger partial charge in [-0.1, -0.05) is 0 Å². The number of hydrogen-bond acceptors (Lipinski definition) is 3. The van der Waals surface area contributed by atoms with Crippen molar-refractivity contribution in [1.29, 1.82) is 0 Å². The average Bonchev–Trinajstić information content (AvgIpc) is 2.46. The number of aromatic nitrogens is 2. The average molecular weight is 236 g/mol. The molecule has 0 aliphatic rings. The van der Waals surface area contributed by atoms with Crippen molar-refractivity contribution in [3.05, 3.63) is 17.5 Å². The molecule has 0 aliphatic heterocycles. The highest BCUT2D eigenvalue weighted by Crippen LogP contribution is 2.23. The van der Waals surface area contributed by atoms with Gasteiger partial charge in [-0.3, -0.25) is 4.68 Å². The van der Waals surface area contributed by atoms with Crippen LogP contribution >= 0.6 is 0 Å². The minimum absolute atomic E-state index is 0.110. The minimum atomic E-state index is -4.38. The van der Waals surface area contributed by atoms with Crippen LogP contribution in [0.15, 0.2) is 6.20 Å². The Labute approximate surface area is 90.0 Å². The van der Waals surface area contributed by atoms with Crippen LogP contribution in [0.1, 0.15) is 23.0 Å². The molecule has 0 saturated heterocycles. The van der Waals surface area contributed by atoms with Gasteiger partial charge in [-0.2, -0.15) is 18.3 Å². The van der Waals surface area contributed by atoms with Crippen molar-refractivity contribution in [2.24, 2.45) is 7.05 Å². The molecule has 0 saturated carbocycles. The van der Waals surface area contributed by atoms with E-state index in [1.165, 1.54) is 7.05 Å². The topological polar surface area (TPSA) is 44.1 Å². The first-order chi connectivity index (χ1) is 7.35. The van der Waals surface area contributed by atoms with Crippen LogP contribution in [0.5, 0.6) is 0 Å². The molecule has 90 valence electrons. The molecule has 4 nitrogen and oxygen atoms in total. The number of aryl methyl sites for hydroxylation is 1. The smallest absolute Gasteiger partial charge is 0.394 e. The fraction of sp³-hybridized carbons (Fsp3) is 0.556. The number of hydrogen-bond donors (Lipinski definition) is 0. The van der Waals surface area contributed by atoms with Gasteiger partial charge in [0.25, 0.3) is 0 Å². The summed E-state index contributed by atoms with van der Waals surface area (Å²) in [6.07, 6.45) is -4.49. The third-order valence-corrected chi connectivity index (χ3v) is 1.92. The number of halogens is 3. The largest absolute Gasteiger partial charge is 0.462 e. The summed E-state index contributed by atoms with van der Waals surface area (Å²) in [4.78, 5) is 11.3. The normalized spacial score (nSPS) is 11.6. The lowest BCUT2D eigenvalue weighted by Crippen LogP contribution is -2.18. The number of carbonyl (C=O) groups is 1. The lowest BCUT2D eigenvalue weighted by Gasteiger charge is -2.08. The molecular weight excluding hydrogens is 225 g/mol. The fourth-order valence-corrected chi connectivity index (χ4v) is 1.24. The number of nitrogens with zero attached hydrogens (tertiary/aromatic N) is 2. The molecule has 0 N–H and O–H groups in total. The monoisotopic (exact) mass is 236 g/mol. The number of ether oxygens (including phenoxy) is 1. The van der Waals surface area contributed by atoms with E-state index < -0.39 is 18.6 Å². The summed E-state index contributed by atoms with van der Waals surface area (Å²) in [7, 11) is 1.35. The Morgan fingerprint density at radius 1 is 1.56 bits per heavy atom. The molecule has 0 aromatic carbocycles. The molecular formula is C9H11F3N2O2. The SMILES string of the molecule is CCOC(=O)c1cnn(C)c1CC(F)(F)F. The van der Waals surface area contributed by atoms with Crippen LogP contribution < -0.4 is 0 Å². The van der Waals surface area contributed by atoms with Crippen LogP contribution in [0.4, 0.5) is 13.2 Å². The number of alkyl halides is 3. The fourth-order valence-electron chi connectivity index (χ4n) is 1.24. The highest BCUT2D eigenvalue weighted by molar-refractivity contribution is 5.90. The van der Waals surface area contributed by atoms with E-state index in [1.54, 1.807) is 6.92 Å². The zero-order valence-electron chi connectivity index (χ0n) is 8.84. The van der Waals surface area contributed by atoms with Crippen LogP contribution in [-0.2, 0) is 18.2 Å². The quantitative estimate of drug-likeness (QED) is 0.750. The molecule has 0 amide bonds. The molecule has 0 spiro atoms. The van der Waals surface area contributed by atoms with E-state index in [4.69, 9.17) is 0 Å². The molecule has 1 heterocycles. The predicted molar refractivity (Wildman–Crippen MR) is 48.9 cm³/mol. The first-order valence-electron chi connectivity index (χ1n) is 4.60. The van der Waals surface area contributed by atoms with Crippen LogP contribution in [0.25, 0.3) is 0 Å². The van der Waals surface area contributed by atoms with Crippen LogP contribution in [0.2, 0.25) is 0 Å². The van der Waals surface area contributed by atoms with Gasteiger partial charge >= 0.3 is 12.1 Å². The number of esters is 1. The second-order valence-corrected chi connectivity index (χ2v) is 3.14. The van der Waals surface area contributed by atoms with Crippen molar-refractivity contribution < 1.29 is 22.7 Å². The summed E-state index contributed by atoms with van der Waals surface area (Å²) in [6.45, 7) is 1.69. The molecule has 0 radical (unpaired) electrons. The summed E-state index contributed by atoms with van der Waals surface area (Å²) in [5.41, 5.74) is -0.326. The van der Waals surface area contributed by atoms with E-state index in [-0.39, 0.29) is 17.9 Å². The van der Waals surface area contributed by atoms with E-state index in [9.17, 15) is 18.0 Å². The van der Waals surface area contributed by atoms with E-state index in [1.807, 2.05) is 0 Å². The first-order valence-corrected chi connectivity index (χ1v) is 4.60. The van der Waals surface area contributed by atoms with E-state index in [0.717, 1.165) is 10.9 Å². The second kappa shape index (κ2) is 4.54. The molecule has 0 bridgehead atoms. The summed E-state index contributed by atoms with van der Waals surface area (Å²) in [5.74, 6) is -0.783. The van der Waals surface area contributed by atoms with Crippen molar-refractivity contribution in [3.8, 4) is 0 Å². The van der Waals surface area contributed by atoms with E-state index >= 15 is 0 Å². The van der Waals surface area contributed by atoms with Crippen molar-refractivity contribution in [3.63, 3.8) is 0 Å². The first kappa shape index (κ1) is 12.5. The van der Waals surface area contributed by atoms with Crippen molar-refractivity contribution in [2.45, 2.75) is 19.5 Å². The van der Waals surface area contributed by atoms with E-state index in [0.29, 0.717) is 0 Å². The molecule has 1 rings (SSSR count). The Balaban J connectivity index is 2.98. The summed E-state index contributed by atoms with van der Waals surface area (Å²) >= 11 is 0. The molecule has 0 aliphatic carbocycles. The zero-order chi connectivity index (χ0) is 12.3. The van der Waals surface area contributed by atoms with Crippen LogP contribution in [0.3, 0.4) is 0 Å². The molecule has 0 atom stereocenters. The van der Waals surface area contributed by atoms with Gasteiger partial charge in [0.05, 0.1) is 24.9 Å². The Kier molecular flexibility index (Phi) is 3.56. The molecule has 1 aromatic heterocycles. The lowest BCUT2D eigenvalue weighted by molar-refractivity contribution is -0.128. The molecule has 0 fully saturated rings. The van der Waals surface area contributed by atoms with Gasteiger partial charge < -0.3 is 4.74 Å². The third kappa shape index (κ3) is 2.98. The van der Waals surface area contributed by atoms with Crippen molar-refractivity contribution in [1.82, 2.24) is 9.78 Å². The van der Waals surface area contributed by atoms with Crippen molar-refractivity contribution in [2.75, 3.05) is 6.61 Å². The Morgan fingerprint density at radius 2 is 2.19 bits per heavy atom. The second-order valence-electron chi connectivity index (χ2n) is 3.14. The molecule has 0 unspecified atom stereocenters. The summed E-state index contributed by atoms with van der Waals surface area (Å²) in [5, 5.41) is 3.62. The maximum absolute atomic E-state index is 12.2. The van der Waals surface area contributed by atoms with Gasteiger partial charge in [-0.25, -0.2) is 4.79 Å². The maximum atomic E-state index is 12.2. The van der Waals surface area contributed by atoms with E-state index in [2.05, 4.69) is 9.84 Å². The van der Waals surface area contributed by atoms with Gasteiger partial charge in [0.2, 0.25) is 0 Å². The summed E-state index contributed by atoms with van der Waals surface area (Å²) in [6, 6.07) is 0. The van der Waals surface area contributed by atoms with Gasteiger partial charge in [-0.15, -0.1) is 0 Å². The van der Waals surface area contributed by atoms with Crippen LogP contribution in [-0.4, -0.2) is 28.5 Å². The lowest BCUT2D eigenvalue weighted by atomic mass is 10.2. The van der Waals surface area contributed by atoms with Gasteiger partial charge in [-0.05, 0) is 6.92 Å². The molecule has 16 heavy (non-hydrogen) atoms. The maximum Gasteiger partial charge on any atom is 0.394 e. The van der Waals surface area contributed by atoms with Crippen LogP contribution in [0, 0.1) is 0 Å². The standard InChI is InChI=1S/C9H11F3N2O2/c1-3-16-8(15)6-5-13-14(2)7(6)4-9(10,11)12/h5H,3-4H2,1-2H3. The minimum Gasteiger partial charge on any atom is -0.462 e. The number of carbonyl (C=O) groups excluding carboxylic acids is 1. The Hall–Kier alpha value is -1.53.